The molecule has 4 nitrogen and oxygen atoms in total. The quantitative estimate of drug-likeness (QED) is 0.700. The zero-order chi connectivity index (χ0) is 15.3. The molecule has 0 radical (unpaired) electrons. The third-order valence-corrected chi connectivity index (χ3v) is 5.02. The minimum Gasteiger partial charge on any atom is -0.468 e. The van der Waals surface area contributed by atoms with Crippen molar-refractivity contribution >= 4 is 5.97 Å². The summed E-state index contributed by atoms with van der Waals surface area (Å²) in [6, 6.07) is 0. The minimum atomic E-state index is -0.617. The summed E-state index contributed by atoms with van der Waals surface area (Å²) in [5, 5.41) is 3.44. The van der Waals surface area contributed by atoms with Crippen LogP contribution in [0.25, 0.3) is 0 Å². The Labute approximate surface area is 129 Å². The van der Waals surface area contributed by atoms with Gasteiger partial charge in [-0.2, -0.15) is 0 Å². The molecule has 0 aromatic carbocycles. The van der Waals surface area contributed by atoms with Crippen molar-refractivity contribution in [2.45, 2.75) is 70.4 Å². The molecule has 0 amide bonds. The third-order valence-electron chi connectivity index (χ3n) is 5.02. The number of carbonyl (C=O) groups excluding carboxylic acids is 1. The predicted molar refractivity (Wildman–Crippen MR) is 83.1 cm³/mol. The van der Waals surface area contributed by atoms with Gasteiger partial charge in [0.2, 0.25) is 0 Å². The highest BCUT2D eigenvalue weighted by Crippen LogP contribution is 2.41. The van der Waals surface area contributed by atoms with Crippen molar-refractivity contribution in [1.82, 2.24) is 5.32 Å². The van der Waals surface area contributed by atoms with Gasteiger partial charge >= 0.3 is 5.97 Å². The second-order valence-electron chi connectivity index (χ2n) is 6.86. The van der Waals surface area contributed by atoms with E-state index in [1.165, 1.54) is 20.0 Å². The molecule has 21 heavy (non-hydrogen) atoms. The number of hydrogen-bond acceptors (Lipinski definition) is 4. The number of rotatable bonds is 8. The van der Waals surface area contributed by atoms with Gasteiger partial charge < -0.3 is 9.47 Å². The van der Waals surface area contributed by atoms with E-state index < -0.39 is 5.54 Å². The van der Waals surface area contributed by atoms with Crippen LogP contribution in [0.1, 0.15) is 58.8 Å². The lowest BCUT2D eigenvalue weighted by Gasteiger charge is -2.35. The van der Waals surface area contributed by atoms with Crippen molar-refractivity contribution in [1.29, 1.82) is 0 Å². The SMILES string of the molecule is CCCNC(COC1CCC(C)CC1)(C(=O)OC)C1CC1. The summed E-state index contributed by atoms with van der Waals surface area (Å²) < 4.78 is 11.2. The van der Waals surface area contributed by atoms with Gasteiger partial charge in [0.25, 0.3) is 0 Å². The van der Waals surface area contributed by atoms with Crippen LogP contribution in [0.2, 0.25) is 0 Å². The second-order valence-corrected chi connectivity index (χ2v) is 6.86. The molecule has 2 fully saturated rings. The highest BCUT2D eigenvalue weighted by molar-refractivity contribution is 5.82. The molecule has 0 saturated heterocycles. The number of hydrogen-bond donors (Lipinski definition) is 1. The fraction of sp³-hybridized carbons (Fsp3) is 0.941. The van der Waals surface area contributed by atoms with Crippen LogP contribution in [-0.4, -0.2) is 37.9 Å². The molecule has 0 aromatic rings. The fourth-order valence-corrected chi connectivity index (χ4v) is 3.36. The molecule has 0 aliphatic heterocycles. The van der Waals surface area contributed by atoms with Crippen LogP contribution in [0, 0.1) is 11.8 Å². The van der Waals surface area contributed by atoms with Crippen molar-refractivity contribution in [2.75, 3.05) is 20.3 Å². The van der Waals surface area contributed by atoms with Crippen LogP contribution in [0.5, 0.6) is 0 Å². The molecular formula is C17H31NO3. The number of nitrogens with one attached hydrogen (secondary N) is 1. The molecule has 122 valence electrons. The van der Waals surface area contributed by atoms with Gasteiger partial charge in [-0.3, -0.25) is 5.32 Å². The van der Waals surface area contributed by atoms with Crippen LogP contribution in [0.15, 0.2) is 0 Å². The smallest absolute Gasteiger partial charge is 0.328 e. The van der Waals surface area contributed by atoms with Crippen LogP contribution in [-0.2, 0) is 14.3 Å². The number of carbonyl (C=O) groups is 1. The fourth-order valence-electron chi connectivity index (χ4n) is 3.36. The van der Waals surface area contributed by atoms with Crippen molar-refractivity contribution < 1.29 is 14.3 Å². The summed E-state index contributed by atoms with van der Waals surface area (Å²) in [5.74, 6) is 1.04. The summed E-state index contributed by atoms with van der Waals surface area (Å²) in [6.07, 6.45) is 8.23. The molecule has 0 aromatic heterocycles. The first-order chi connectivity index (χ1) is 10.1. The van der Waals surface area contributed by atoms with Gasteiger partial charge in [-0.25, -0.2) is 4.79 Å². The summed E-state index contributed by atoms with van der Waals surface area (Å²) in [4.78, 5) is 12.4. The molecule has 2 aliphatic carbocycles. The third kappa shape index (κ3) is 4.19. The maximum absolute atomic E-state index is 12.4. The molecule has 4 heteroatoms. The lowest BCUT2D eigenvalue weighted by molar-refractivity contribution is -0.154. The topological polar surface area (TPSA) is 47.6 Å². The van der Waals surface area contributed by atoms with Crippen molar-refractivity contribution in [3.8, 4) is 0 Å². The Morgan fingerprint density at radius 3 is 2.38 bits per heavy atom. The van der Waals surface area contributed by atoms with E-state index in [-0.39, 0.29) is 5.97 Å². The van der Waals surface area contributed by atoms with E-state index in [9.17, 15) is 4.79 Å². The van der Waals surface area contributed by atoms with E-state index in [2.05, 4.69) is 19.2 Å². The van der Waals surface area contributed by atoms with E-state index >= 15 is 0 Å². The number of esters is 1. The molecule has 0 heterocycles. The Hall–Kier alpha value is -0.610. The second kappa shape index (κ2) is 7.59. The van der Waals surface area contributed by atoms with Gasteiger partial charge in [-0.1, -0.05) is 13.8 Å². The summed E-state index contributed by atoms with van der Waals surface area (Å²) in [5.41, 5.74) is -0.617. The largest absolute Gasteiger partial charge is 0.468 e. The van der Waals surface area contributed by atoms with Crippen LogP contribution >= 0.6 is 0 Å². The molecule has 2 aliphatic rings. The first kappa shape index (κ1) is 16.8. The Kier molecular flexibility index (Phi) is 6.06. The number of methoxy groups -OCH3 is 1. The predicted octanol–water partition coefficient (Wildman–Crippen LogP) is 2.90. The van der Waals surface area contributed by atoms with Gasteiger partial charge in [0, 0.05) is 0 Å². The van der Waals surface area contributed by atoms with Crippen LogP contribution in [0.4, 0.5) is 0 Å². The monoisotopic (exact) mass is 297 g/mol. The van der Waals surface area contributed by atoms with Gasteiger partial charge in [0.05, 0.1) is 19.8 Å². The van der Waals surface area contributed by atoms with Gasteiger partial charge in [0.15, 0.2) is 0 Å². The summed E-state index contributed by atoms with van der Waals surface area (Å²) in [6.45, 7) is 5.72. The summed E-state index contributed by atoms with van der Waals surface area (Å²) in [7, 11) is 1.48. The average molecular weight is 297 g/mol. The average Bonchev–Trinajstić information content (AvgIpc) is 3.34. The van der Waals surface area contributed by atoms with Crippen LogP contribution in [0.3, 0.4) is 0 Å². The lowest BCUT2D eigenvalue weighted by Crippen LogP contribution is -2.58. The van der Waals surface area contributed by atoms with Gasteiger partial charge in [-0.05, 0) is 63.3 Å². The zero-order valence-corrected chi connectivity index (χ0v) is 13.8. The Morgan fingerprint density at radius 2 is 1.86 bits per heavy atom. The Balaban J connectivity index is 1.96. The number of ether oxygens (including phenoxy) is 2. The molecule has 0 spiro atoms. The maximum atomic E-state index is 12.4. The molecule has 1 N–H and O–H groups in total. The van der Waals surface area contributed by atoms with Crippen molar-refractivity contribution in [2.24, 2.45) is 11.8 Å². The van der Waals surface area contributed by atoms with E-state index in [0.717, 1.165) is 44.6 Å². The Bertz CT molecular complexity index is 335. The highest BCUT2D eigenvalue weighted by Gasteiger charge is 2.52. The van der Waals surface area contributed by atoms with Crippen molar-refractivity contribution in [3.05, 3.63) is 0 Å². The standard InChI is InChI=1S/C17H31NO3/c1-4-11-18-17(14-7-8-14,16(19)20-3)12-21-15-9-5-13(2)6-10-15/h13-15,18H,4-12H2,1-3H3. The molecule has 2 rings (SSSR count). The van der Waals surface area contributed by atoms with Crippen molar-refractivity contribution in [3.63, 3.8) is 0 Å². The Morgan fingerprint density at radius 1 is 1.19 bits per heavy atom. The van der Waals surface area contributed by atoms with Gasteiger partial charge in [-0.15, -0.1) is 0 Å². The molecule has 2 saturated carbocycles. The van der Waals surface area contributed by atoms with Crippen LogP contribution < -0.4 is 5.32 Å². The van der Waals surface area contributed by atoms with E-state index in [4.69, 9.17) is 9.47 Å². The first-order valence-electron chi connectivity index (χ1n) is 8.57. The molecule has 1 atom stereocenters. The molecular weight excluding hydrogens is 266 g/mol. The van der Waals surface area contributed by atoms with E-state index in [1.807, 2.05) is 0 Å². The van der Waals surface area contributed by atoms with E-state index in [0.29, 0.717) is 18.6 Å². The maximum Gasteiger partial charge on any atom is 0.328 e. The lowest BCUT2D eigenvalue weighted by atomic mass is 9.88. The highest BCUT2D eigenvalue weighted by atomic mass is 16.5. The van der Waals surface area contributed by atoms with Gasteiger partial charge in [0.1, 0.15) is 5.54 Å². The normalized spacial score (nSPS) is 28.9. The summed E-state index contributed by atoms with van der Waals surface area (Å²) >= 11 is 0. The first-order valence-corrected chi connectivity index (χ1v) is 8.57. The zero-order valence-electron chi connectivity index (χ0n) is 13.8. The molecule has 0 bridgehead atoms. The molecule has 1 unspecified atom stereocenters. The minimum absolute atomic E-state index is 0.150. The van der Waals surface area contributed by atoms with E-state index in [1.54, 1.807) is 0 Å².